The Kier molecular flexibility index (Phi) is 7.38. The van der Waals surface area contributed by atoms with E-state index >= 15 is 0 Å². The molecule has 0 bridgehead atoms. The van der Waals surface area contributed by atoms with Gasteiger partial charge in [-0.2, -0.15) is 18.3 Å². The Hall–Kier alpha value is -3.47. The SMILES string of the molecule is Cc1nnc(N[C@H](C)c2cccc(C(F)(F)F)c2)c2cc(N3CCN(C(=O)C4CCOCC4)CC3)cnc12. The summed E-state index contributed by atoms with van der Waals surface area (Å²) in [7, 11) is 0. The molecule has 0 aliphatic carbocycles. The summed E-state index contributed by atoms with van der Waals surface area (Å²) in [6.07, 6.45) is -1.05. The Bertz CT molecular complexity index is 1300. The van der Waals surface area contributed by atoms with Gasteiger partial charge in [-0.1, -0.05) is 12.1 Å². The van der Waals surface area contributed by atoms with E-state index in [9.17, 15) is 18.0 Å². The van der Waals surface area contributed by atoms with Crippen LogP contribution in [0.4, 0.5) is 24.7 Å². The average molecular weight is 529 g/mol. The molecule has 8 nitrogen and oxygen atoms in total. The largest absolute Gasteiger partial charge is 0.416 e. The Labute approximate surface area is 219 Å². The number of alkyl halides is 3. The number of pyridine rings is 1. The summed E-state index contributed by atoms with van der Waals surface area (Å²) in [6.45, 7) is 7.54. The zero-order valence-corrected chi connectivity index (χ0v) is 21.5. The van der Waals surface area contributed by atoms with Crippen LogP contribution in [-0.4, -0.2) is 65.4 Å². The fourth-order valence-corrected chi connectivity index (χ4v) is 5.09. The summed E-state index contributed by atoms with van der Waals surface area (Å²) < 4.78 is 45.0. The highest BCUT2D eigenvalue weighted by atomic mass is 19.4. The van der Waals surface area contributed by atoms with Crippen LogP contribution < -0.4 is 10.2 Å². The number of nitrogens with zero attached hydrogens (tertiary/aromatic N) is 5. The van der Waals surface area contributed by atoms with Crippen molar-refractivity contribution in [1.82, 2.24) is 20.1 Å². The maximum atomic E-state index is 13.2. The first-order valence-corrected chi connectivity index (χ1v) is 12.9. The van der Waals surface area contributed by atoms with Crippen LogP contribution in [0.5, 0.6) is 0 Å². The second kappa shape index (κ2) is 10.7. The number of hydrogen-bond acceptors (Lipinski definition) is 7. The van der Waals surface area contributed by atoms with Crippen molar-refractivity contribution in [2.75, 3.05) is 49.6 Å². The van der Waals surface area contributed by atoms with Crippen LogP contribution in [-0.2, 0) is 15.7 Å². The van der Waals surface area contributed by atoms with E-state index in [1.165, 1.54) is 6.07 Å². The number of benzene rings is 1. The van der Waals surface area contributed by atoms with E-state index in [1.807, 2.05) is 17.9 Å². The first-order chi connectivity index (χ1) is 18.2. The van der Waals surface area contributed by atoms with Gasteiger partial charge in [-0.25, -0.2) is 0 Å². The highest BCUT2D eigenvalue weighted by molar-refractivity contribution is 5.92. The van der Waals surface area contributed by atoms with Gasteiger partial charge in [-0.3, -0.25) is 9.78 Å². The fraction of sp³-hybridized carbons (Fsp3) is 0.481. The number of carbonyl (C=O) groups excluding carboxylic acids is 1. The number of aryl methyl sites for hydroxylation is 1. The molecule has 5 rings (SSSR count). The number of rotatable bonds is 5. The molecule has 0 spiro atoms. The minimum atomic E-state index is -4.41. The van der Waals surface area contributed by atoms with Gasteiger partial charge in [-0.05, 0) is 50.5 Å². The zero-order valence-electron chi connectivity index (χ0n) is 21.5. The van der Waals surface area contributed by atoms with Crippen molar-refractivity contribution in [3.8, 4) is 0 Å². The number of carbonyl (C=O) groups is 1. The number of ether oxygens (including phenoxy) is 1. The number of piperazine rings is 1. The molecule has 11 heteroatoms. The molecule has 4 heterocycles. The predicted molar refractivity (Wildman–Crippen MR) is 138 cm³/mol. The number of fused-ring (bicyclic) bond motifs is 1. The van der Waals surface area contributed by atoms with Gasteiger partial charge in [0.2, 0.25) is 5.91 Å². The number of hydrogen-bond donors (Lipinski definition) is 1. The molecule has 2 fully saturated rings. The monoisotopic (exact) mass is 528 g/mol. The maximum absolute atomic E-state index is 13.2. The maximum Gasteiger partial charge on any atom is 0.416 e. The predicted octanol–water partition coefficient (Wildman–Crippen LogP) is 4.60. The zero-order chi connectivity index (χ0) is 26.9. The van der Waals surface area contributed by atoms with Gasteiger partial charge < -0.3 is 19.9 Å². The highest BCUT2D eigenvalue weighted by Crippen LogP contribution is 2.33. The van der Waals surface area contributed by atoms with Crippen LogP contribution in [0.3, 0.4) is 0 Å². The standard InChI is InChI=1S/C27H31F3N6O2/c1-17(20-4-3-5-21(14-20)27(28,29)30)32-25-23-15-22(16-31-24(23)18(2)33-34-25)35-8-10-36(11-9-35)26(37)19-6-12-38-13-7-19/h3-5,14-17,19H,6-13H2,1-2H3,(H,32,34)/t17-/m1/s1. The van der Waals surface area contributed by atoms with Gasteiger partial charge in [0, 0.05) is 50.7 Å². The molecule has 2 aliphatic heterocycles. The lowest BCUT2D eigenvalue weighted by Gasteiger charge is -2.38. The fourth-order valence-electron chi connectivity index (χ4n) is 5.09. The van der Waals surface area contributed by atoms with E-state index in [-0.39, 0.29) is 11.8 Å². The normalized spacial score (nSPS) is 18.0. The van der Waals surface area contributed by atoms with Gasteiger partial charge in [0.15, 0.2) is 5.82 Å². The summed E-state index contributed by atoms with van der Waals surface area (Å²) in [6, 6.07) is 6.81. The molecule has 202 valence electrons. The quantitative estimate of drug-likeness (QED) is 0.518. The van der Waals surface area contributed by atoms with Crippen molar-refractivity contribution in [3.05, 3.63) is 53.3 Å². The second-order valence-corrected chi connectivity index (χ2v) is 9.91. The van der Waals surface area contributed by atoms with E-state index < -0.39 is 17.8 Å². The molecule has 2 aromatic heterocycles. The van der Waals surface area contributed by atoms with Crippen LogP contribution in [0.15, 0.2) is 36.5 Å². The van der Waals surface area contributed by atoms with Crippen molar-refractivity contribution in [1.29, 1.82) is 0 Å². The third kappa shape index (κ3) is 5.52. The van der Waals surface area contributed by atoms with Crippen LogP contribution >= 0.6 is 0 Å². The van der Waals surface area contributed by atoms with Gasteiger partial charge in [0.25, 0.3) is 0 Å². The summed E-state index contributed by atoms with van der Waals surface area (Å²) in [5, 5.41) is 12.5. The molecule has 2 saturated heterocycles. The van der Waals surface area contributed by atoms with Crippen LogP contribution in [0.25, 0.3) is 10.9 Å². The number of nitrogens with one attached hydrogen (secondary N) is 1. The topological polar surface area (TPSA) is 83.5 Å². The molecule has 1 atom stereocenters. The third-order valence-electron chi connectivity index (χ3n) is 7.37. The van der Waals surface area contributed by atoms with Crippen LogP contribution in [0.1, 0.15) is 42.6 Å². The smallest absolute Gasteiger partial charge is 0.381 e. The van der Waals surface area contributed by atoms with E-state index in [0.29, 0.717) is 62.0 Å². The van der Waals surface area contributed by atoms with E-state index in [2.05, 4.69) is 25.4 Å². The Morgan fingerprint density at radius 3 is 2.55 bits per heavy atom. The summed E-state index contributed by atoms with van der Waals surface area (Å²) in [4.78, 5) is 21.7. The third-order valence-corrected chi connectivity index (χ3v) is 7.37. The van der Waals surface area contributed by atoms with Gasteiger partial charge in [0.05, 0.1) is 34.7 Å². The molecular weight excluding hydrogens is 497 g/mol. The molecule has 0 saturated carbocycles. The first kappa shape index (κ1) is 26.1. The molecule has 0 unspecified atom stereocenters. The van der Waals surface area contributed by atoms with Crippen molar-refractivity contribution in [2.24, 2.45) is 5.92 Å². The molecule has 38 heavy (non-hydrogen) atoms. The van der Waals surface area contributed by atoms with E-state index in [1.54, 1.807) is 19.2 Å². The summed E-state index contributed by atoms with van der Waals surface area (Å²) in [5.74, 6) is 0.718. The minimum absolute atomic E-state index is 0.0478. The lowest BCUT2D eigenvalue weighted by Crippen LogP contribution is -2.51. The van der Waals surface area contributed by atoms with Gasteiger partial charge in [0.1, 0.15) is 0 Å². The van der Waals surface area contributed by atoms with E-state index in [0.717, 1.165) is 36.0 Å². The van der Waals surface area contributed by atoms with E-state index in [4.69, 9.17) is 4.74 Å². The molecule has 1 amide bonds. The van der Waals surface area contributed by atoms with Gasteiger partial charge >= 0.3 is 6.18 Å². The summed E-state index contributed by atoms with van der Waals surface area (Å²) in [5.41, 5.74) is 2.04. The lowest BCUT2D eigenvalue weighted by atomic mass is 9.98. The molecule has 3 aromatic rings. The minimum Gasteiger partial charge on any atom is -0.381 e. The number of anilines is 2. The molecular formula is C27H31F3N6O2. The summed E-state index contributed by atoms with van der Waals surface area (Å²) >= 11 is 0. The lowest BCUT2D eigenvalue weighted by molar-refractivity contribution is -0.139. The average Bonchev–Trinajstić information content (AvgIpc) is 2.94. The highest BCUT2D eigenvalue weighted by Gasteiger charge is 2.31. The first-order valence-electron chi connectivity index (χ1n) is 12.9. The van der Waals surface area contributed by atoms with Crippen molar-refractivity contribution >= 4 is 28.3 Å². The van der Waals surface area contributed by atoms with Crippen molar-refractivity contribution < 1.29 is 22.7 Å². The Morgan fingerprint density at radius 1 is 1.11 bits per heavy atom. The Balaban J connectivity index is 1.33. The molecule has 1 N–H and O–H groups in total. The van der Waals surface area contributed by atoms with Crippen LogP contribution in [0, 0.1) is 12.8 Å². The van der Waals surface area contributed by atoms with Crippen LogP contribution in [0.2, 0.25) is 0 Å². The van der Waals surface area contributed by atoms with Crippen molar-refractivity contribution in [3.63, 3.8) is 0 Å². The molecule has 2 aliphatic rings. The molecule has 1 aromatic carbocycles. The Morgan fingerprint density at radius 2 is 1.84 bits per heavy atom. The molecule has 0 radical (unpaired) electrons. The van der Waals surface area contributed by atoms with Gasteiger partial charge in [-0.15, -0.1) is 5.10 Å². The number of amides is 1. The van der Waals surface area contributed by atoms with Crippen molar-refractivity contribution in [2.45, 2.75) is 38.9 Å². The second-order valence-electron chi connectivity index (χ2n) is 9.91. The number of aromatic nitrogens is 3. The number of halogens is 3.